The summed E-state index contributed by atoms with van der Waals surface area (Å²) in [6, 6.07) is 10.7. The first kappa shape index (κ1) is 25.5. The van der Waals surface area contributed by atoms with E-state index in [0.717, 1.165) is 55.8 Å². The van der Waals surface area contributed by atoms with Crippen LogP contribution in [0, 0.1) is 0 Å². The lowest BCUT2D eigenvalue weighted by molar-refractivity contribution is 0.164. The molecule has 0 aliphatic carbocycles. The minimum Gasteiger partial charge on any atom is -0.497 e. The van der Waals surface area contributed by atoms with Gasteiger partial charge in [-0.25, -0.2) is 4.99 Å². The molecule has 1 aromatic carbocycles. The van der Waals surface area contributed by atoms with Gasteiger partial charge in [-0.05, 0) is 57.0 Å². The van der Waals surface area contributed by atoms with E-state index in [9.17, 15) is 0 Å². The number of guanidine groups is 1. The first-order valence-corrected chi connectivity index (χ1v) is 11.1. The molecule has 0 spiro atoms. The van der Waals surface area contributed by atoms with E-state index < -0.39 is 0 Å². The largest absolute Gasteiger partial charge is 0.497 e. The van der Waals surface area contributed by atoms with Crippen LogP contribution in [0.5, 0.6) is 5.75 Å². The molecular weight excluding hydrogens is 505 g/mol. The second-order valence-corrected chi connectivity index (χ2v) is 7.60. The fourth-order valence-electron chi connectivity index (χ4n) is 3.80. The summed E-state index contributed by atoms with van der Waals surface area (Å²) in [5.74, 6) is 2.46. The highest BCUT2D eigenvalue weighted by Gasteiger charge is 2.22. The molecule has 172 valence electrons. The number of aromatic nitrogens is 1. The molecule has 31 heavy (non-hydrogen) atoms. The van der Waals surface area contributed by atoms with Gasteiger partial charge in [0, 0.05) is 19.2 Å². The SMILES string of the molecule is CCNC(=NCc1cc(CC)no1)NCC(c1ccc(OC)cc1)N1CCCCC1.I. The van der Waals surface area contributed by atoms with Crippen molar-refractivity contribution in [2.45, 2.75) is 52.1 Å². The van der Waals surface area contributed by atoms with Crippen molar-refractivity contribution in [3.63, 3.8) is 0 Å². The van der Waals surface area contributed by atoms with Crippen LogP contribution in [0.15, 0.2) is 39.8 Å². The molecule has 1 atom stereocenters. The second-order valence-electron chi connectivity index (χ2n) is 7.60. The minimum absolute atomic E-state index is 0. The molecule has 0 amide bonds. The third kappa shape index (κ3) is 7.68. The predicted octanol–water partition coefficient (Wildman–Crippen LogP) is 4.15. The summed E-state index contributed by atoms with van der Waals surface area (Å²) >= 11 is 0. The van der Waals surface area contributed by atoms with Gasteiger partial charge in [-0.3, -0.25) is 4.90 Å². The summed E-state index contributed by atoms with van der Waals surface area (Å²) in [7, 11) is 1.70. The minimum atomic E-state index is 0. The molecule has 1 unspecified atom stereocenters. The molecule has 2 heterocycles. The number of piperidine rings is 1. The van der Waals surface area contributed by atoms with E-state index in [1.54, 1.807) is 7.11 Å². The number of nitrogens with zero attached hydrogens (tertiary/aromatic N) is 3. The smallest absolute Gasteiger partial charge is 0.191 e. The Bertz CT molecular complexity index is 788. The quantitative estimate of drug-likeness (QED) is 0.283. The number of benzene rings is 1. The number of nitrogens with one attached hydrogen (secondary N) is 2. The van der Waals surface area contributed by atoms with Gasteiger partial charge in [0.1, 0.15) is 12.3 Å². The number of hydrogen-bond donors (Lipinski definition) is 2. The Kier molecular flexibility index (Phi) is 11.1. The van der Waals surface area contributed by atoms with Crippen LogP contribution in [0.2, 0.25) is 0 Å². The van der Waals surface area contributed by atoms with E-state index in [4.69, 9.17) is 14.3 Å². The predicted molar refractivity (Wildman–Crippen MR) is 135 cm³/mol. The fourth-order valence-corrected chi connectivity index (χ4v) is 3.80. The lowest BCUT2D eigenvalue weighted by Gasteiger charge is -2.35. The third-order valence-electron chi connectivity index (χ3n) is 5.50. The van der Waals surface area contributed by atoms with Gasteiger partial charge in [0.15, 0.2) is 11.7 Å². The van der Waals surface area contributed by atoms with Gasteiger partial charge in [-0.2, -0.15) is 0 Å². The molecule has 0 bridgehead atoms. The molecule has 0 saturated carbocycles. The summed E-state index contributed by atoms with van der Waals surface area (Å²) in [5, 5.41) is 10.9. The maximum atomic E-state index is 5.36. The maximum absolute atomic E-state index is 5.36. The Morgan fingerprint density at radius 1 is 1.16 bits per heavy atom. The number of likely N-dealkylation sites (tertiary alicyclic amines) is 1. The number of methoxy groups -OCH3 is 1. The lowest BCUT2D eigenvalue weighted by Crippen LogP contribution is -2.44. The third-order valence-corrected chi connectivity index (χ3v) is 5.50. The van der Waals surface area contributed by atoms with Gasteiger partial charge < -0.3 is 19.9 Å². The molecular formula is C23H36IN5O2. The maximum Gasteiger partial charge on any atom is 0.191 e. The van der Waals surface area contributed by atoms with Crippen LogP contribution in [0.25, 0.3) is 0 Å². The van der Waals surface area contributed by atoms with Crippen molar-refractivity contribution in [1.82, 2.24) is 20.7 Å². The zero-order chi connectivity index (χ0) is 21.2. The molecule has 8 heteroatoms. The summed E-state index contributed by atoms with van der Waals surface area (Å²) < 4.78 is 10.7. The number of rotatable bonds is 9. The number of hydrogen-bond acceptors (Lipinski definition) is 5. The van der Waals surface area contributed by atoms with Crippen molar-refractivity contribution in [1.29, 1.82) is 0 Å². The Hall–Kier alpha value is -1.81. The molecule has 1 saturated heterocycles. The van der Waals surface area contributed by atoms with E-state index in [-0.39, 0.29) is 30.0 Å². The Balaban J connectivity index is 0.00000341. The van der Waals surface area contributed by atoms with Gasteiger partial charge in [0.25, 0.3) is 0 Å². The van der Waals surface area contributed by atoms with Crippen LogP contribution >= 0.6 is 24.0 Å². The van der Waals surface area contributed by atoms with Crippen molar-refractivity contribution in [2.24, 2.45) is 4.99 Å². The number of aryl methyl sites for hydroxylation is 1. The van der Waals surface area contributed by atoms with E-state index >= 15 is 0 Å². The van der Waals surface area contributed by atoms with E-state index in [2.05, 4.69) is 46.7 Å². The summed E-state index contributed by atoms with van der Waals surface area (Å²) in [4.78, 5) is 7.27. The molecule has 1 aliphatic rings. The van der Waals surface area contributed by atoms with Crippen LogP contribution in [0.3, 0.4) is 0 Å². The van der Waals surface area contributed by atoms with Gasteiger partial charge >= 0.3 is 0 Å². The highest BCUT2D eigenvalue weighted by molar-refractivity contribution is 14.0. The van der Waals surface area contributed by atoms with Crippen LogP contribution in [0.1, 0.15) is 56.2 Å². The molecule has 1 aliphatic heterocycles. The number of aliphatic imine (C=N–C) groups is 1. The highest BCUT2D eigenvalue weighted by atomic mass is 127. The van der Waals surface area contributed by atoms with Crippen molar-refractivity contribution in [2.75, 3.05) is 33.3 Å². The van der Waals surface area contributed by atoms with Crippen LogP contribution in [-0.2, 0) is 13.0 Å². The normalized spacial score (nSPS) is 15.8. The molecule has 2 N–H and O–H groups in total. The van der Waals surface area contributed by atoms with Gasteiger partial charge in [0.2, 0.25) is 0 Å². The fraction of sp³-hybridized carbons (Fsp3) is 0.565. The van der Waals surface area contributed by atoms with E-state index in [0.29, 0.717) is 6.54 Å². The molecule has 7 nitrogen and oxygen atoms in total. The average Bonchev–Trinajstić information content (AvgIpc) is 3.27. The molecule has 1 aromatic heterocycles. The van der Waals surface area contributed by atoms with Crippen molar-refractivity contribution in [3.05, 3.63) is 47.3 Å². The van der Waals surface area contributed by atoms with Crippen LogP contribution < -0.4 is 15.4 Å². The first-order chi connectivity index (χ1) is 14.7. The summed E-state index contributed by atoms with van der Waals surface area (Å²) in [5.41, 5.74) is 2.26. The summed E-state index contributed by atoms with van der Waals surface area (Å²) in [6.07, 6.45) is 4.70. The second kappa shape index (κ2) is 13.6. The van der Waals surface area contributed by atoms with Crippen molar-refractivity contribution in [3.8, 4) is 5.75 Å². The van der Waals surface area contributed by atoms with Gasteiger partial charge in [-0.15, -0.1) is 24.0 Å². The zero-order valence-electron chi connectivity index (χ0n) is 18.9. The zero-order valence-corrected chi connectivity index (χ0v) is 21.2. The summed E-state index contributed by atoms with van der Waals surface area (Å²) in [6.45, 7) is 8.46. The monoisotopic (exact) mass is 541 g/mol. The Morgan fingerprint density at radius 2 is 1.90 bits per heavy atom. The first-order valence-electron chi connectivity index (χ1n) is 11.1. The van der Waals surface area contributed by atoms with Crippen molar-refractivity contribution < 1.29 is 9.26 Å². The van der Waals surface area contributed by atoms with Crippen LogP contribution in [0.4, 0.5) is 0 Å². The number of ether oxygens (including phenoxy) is 1. The standard InChI is InChI=1S/C23H35N5O2.HI/c1-4-19-15-21(30-27-19)16-25-23(24-5-2)26-17-22(28-13-7-6-8-14-28)18-9-11-20(29-3)12-10-18;/h9-12,15,22H,4-8,13-14,16-17H2,1-3H3,(H2,24,25,26);1H. The number of halogens is 1. The molecule has 1 fully saturated rings. The topological polar surface area (TPSA) is 74.9 Å². The van der Waals surface area contributed by atoms with Crippen LogP contribution in [-0.4, -0.2) is 49.3 Å². The average molecular weight is 541 g/mol. The Morgan fingerprint density at radius 3 is 2.52 bits per heavy atom. The lowest BCUT2D eigenvalue weighted by atomic mass is 10.0. The van der Waals surface area contributed by atoms with E-state index in [1.807, 2.05) is 18.2 Å². The van der Waals surface area contributed by atoms with Gasteiger partial charge in [-0.1, -0.05) is 30.6 Å². The van der Waals surface area contributed by atoms with E-state index in [1.165, 1.54) is 24.8 Å². The highest BCUT2D eigenvalue weighted by Crippen LogP contribution is 2.25. The molecule has 3 rings (SSSR count). The Labute approximate surface area is 203 Å². The van der Waals surface area contributed by atoms with Gasteiger partial charge in [0.05, 0.1) is 18.8 Å². The molecule has 2 aromatic rings. The molecule has 0 radical (unpaired) electrons. The van der Waals surface area contributed by atoms with Crippen molar-refractivity contribution >= 4 is 29.9 Å².